The Bertz CT molecular complexity index is 567. The summed E-state index contributed by atoms with van der Waals surface area (Å²) in [5.41, 5.74) is 7.60. The second-order valence-corrected chi connectivity index (χ2v) is 4.33. The molecule has 2 N–H and O–H groups in total. The molecule has 0 unspecified atom stereocenters. The molecule has 2 aromatic carbocycles. The van der Waals surface area contributed by atoms with Crippen LogP contribution in [0.3, 0.4) is 0 Å². The molecule has 0 aliphatic rings. The first-order chi connectivity index (χ1) is 8.11. The zero-order chi connectivity index (χ0) is 12.4. The smallest absolute Gasteiger partial charge is 0.131 e. The Kier molecular flexibility index (Phi) is 3.31. The zero-order valence-electron chi connectivity index (χ0n) is 8.65. The lowest BCUT2D eigenvalue weighted by Crippen LogP contribution is -1.87. The Morgan fingerprint density at radius 1 is 1.06 bits per heavy atom. The third kappa shape index (κ3) is 2.40. The molecule has 0 aliphatic heterocycles. The van der Waals surface area contributed by atoms with E-state index < -0.39 is 0 Å². The number of nitrogens with zero attached hydrogens (tertiary/aromatic N) is 1. The van der Waals surface area contributed by atoms with Crippen molar-refractivity contribution in [2.75, 3.05) is 5.73 Å². The van der Waals surface area contributed by atoms with Crippen LogP contribution < -0.4 is 5.73 Å². The van der Waals surface area contributed by atoms with Crippen molar-refractivity contribution in [2.24, 2.45) is 5.18 Å². The van der Waals surface area contributed by atoms with Crippen LogP contribution in [-0.2, 0) is 0 Å². The highest BCUT2D eigenvalue weighted by atomic mass is 35.5. The summed E-state index contributed by atoms with van der Waals surface area (Å²) in [4.78, 5) is 10.6. The average molecular weight is 267 g/mol. The Balaban J connectivity index is 2.58. The summed E-state index contributed by atoms with van der Waals surface area (Å²) in [5, 5.41) is 3.96. The van der Waals surface area contributed by atoms with E-state index in [4.69, 9.17) is 28.9 Å². The zero-order valence-corrected chi connectivity index (χ0v) is 10.2. The Labute approximate surface area is 108 Å². The number of benzene rings is 2. The minimum absolute atomic E-state index is 0.180. The van der Waals surface area contributed by atoms with Gasteiger partial charge in [0.1, 0.15) is 5.69 Å². The summed E-state index contributed by atoms with van der Waals surface area (Å²) < 4.78 is 0. The SMILES string of the molecule is Nc1cc(Cl)c(-c2ccc(Cl)cc2)cc1N=O. The lowest BCUT2D eigenvalue weighted by atomic mass is 10.0. The van der Waals surface area contributed by atoms with Crippen molar-refractivity contribution in [3.8, 4) is 11.1 Å². The van der Waals surface area contributed by atoms with Crippen molar-refractivity contribution in [1.82, 2.24) is 0 Å². The molecule has 86 valence electrons. The van der Waals surface area contributed by atoms with Crippen LogP contribution in [0.15, 0.2) is 41.6 Å². The molecule has 0 spiro atoms. The monoisotopic (exact) mass is 266 g/mol. The fraction of sp³-hybridized carbons (Fsp3) is 0. The van der Waals surface area contributed by atoms with E-state index >= 15 is 0 Å². The van der Waals surface area contributed by atoms with Gasteiger partial charge < -0.3 is 5.73 Å². The molecular formula is C12H8Cl2N2O. The van der Waals surface area contributed by atoms with Gasteiger partial charge in [-0.1, -0.05) is 35.3 Å². The van der Waals surface area contributed by atoms with E-state index in [1.165, 1.54) is 6.07 Å². The highest BCUT2D eigenvalue weighted by molar-refractivity contribution is 6.34. The first-order valence-corrected chi connectivity index (χ1v) is 5.55. The Morgan fingerprint density at radius 2 is 1.71 bits per heavy atom. The standard InChI is InChI=1S/C12H8Cl2N2O/c13-8-3-1-7(2-4-8)9-5-12(16-17)11(15)6-10(9)14/h1-6H,15H2. The average Bonchev–Trinajstić information content (AvgIpc) is 2.31. The largest absolute Gasteiger partial charge is 0.397 e. The van der Waals surface area contributed by atoms with Crippen molar-refractivity contribution in [2.45, 2.75) is 0 Å². The lowest BCUT2D eigenvalue weighted by Gasteiger charge is -2.07. The van der Waals surface area contributed by atoms with Gasteiger partial charge in [0.25, 0.3) is 0 Å². The third-order valence-electron chi connectivity index (χ3n) is 2.37. The number of halogens is 2. The molecule has 5 heteroatoms. The summed E-state index contributed by atoms with van der Waals surface area (Å²) >= 11 is 11.9. The fourth-order valence-electron chi connectivity index (χ4n) is 1.51. The normalized spacial score (nSPS) is 10.2. The van der Waals surface area contributed by atoms with Crippen LogP contribution in [0.2, 0.25) is 10.0 Å². The summed E-state index contributed by atoms with van der Waals surface area (Å²) in [6.07, 6.45) is 0. The molecule has 17 heavy (non-hydrogen) atoms. The number of rotatable bonds is 2. The fourth-order valence-corrected chi connectivity index (χ4v) is 1.91. The minimum atomic E-state index is 0.180. The van der Waals surface area contributed by atoms with Crippen molar-refractivity contribution in [3.05, 3.63) is 51.4 Å². The number of nitrogens with two attached hydrogens (primary N) is 1. The van der Waals surface area contributed by atoms with E-state index in [-0.39, 0.29) is 11.4 Å². The molecule has 3 nitrogen and oxygen atoms in total. The predicted molar refractivity (Wildman–Crippen MR) is 71.8 cm³/mol. The van der Waals surface area contributed by atoms with Crippen molar-refractivity contribution < 1.29 is 0 Å². The predicted octanol–water partition coefficient (Wildman–Crippen LogP) is 4.64. The first-order valence-electron chi connectivity index (χ1n) is 4.80. The van der Waals surface area contributed by atoms with E-state index in [1.807, 2.05) is 12.1 Å². The maximum Gasteiger partial charge on any atom is 0.131 e. The second kappa shape index (κ2) is 4.73. The van der Waals surface area contributed by atoms with Gasteiger partial charge >= 0.3 is 0 Å². The Hall–Kier alpha value is -1.58. The number of nitroso groups, excluding NO2 is 1. The number of anilines is 1. The topological polar surface area (TPSA) is 55.4 Å². The van der Waals surface area contributed by atoms with Crippen LogP contribution in [-0.4, -0.2) is 0 Å². The molecule has 0 aromatic heterocycles. The quantitative estimate of drug-likeness (QED) is 0.636. The molecule has 0 atom stereocenters. The summed E-state index contributed by atoms with van der Waals surface area (Å²) in [7, 11) is 0. The van der Waals surface area contributed by atoms with E-state index in [0.717, 1.165) is 5.56 Å². The van der Waals surface area contributed by atoms with Crippen LogP contribution >= 0.6 is 23.2 Å². The molecule has 0 bridgehead atoms. The highest BCUT2D eigenvalue weighted by Crippen LogP contribution is 2.36. The molecule has 0 heterocycles. The molecule has 0 amide bonds. The maximum absolute atomic E-state index is 10.6. The van der Waals surface area contributed by atoms with Crippen molar-refractivity contribution in [1.29, 1.82) is 0 Å². The van der Waals surface area contributed by atoms with E-state index in [1.54, 1.807) is 18.2 Å². The molecule has 0 radical (unpaired) electrons. The van der Waals surface area contributed by atoms with Crippen LogP contribution in [0.1, 0.15) is 0 Å². The van der Waals surface area contributed by atoms with Gasteiger partial charge in [-0.2, -0.15) is 0 Å². The van der Waals surface area contributed by atoms with E-state index in [9.17, 15) is 4.91 Å². The molecule has 0 saturated heterocycles. The molecule has 2 aromatic rings. The number of hydrogen-bond acceptors (Lipinski definition) is 3. The van der Waals surface area contributed by atoms with Crippen LogP contribution in [0.25, 0.3) is 11.1 Å². The summed E-state index contributed by atoms with van der Waals surface area (Å²) in [6.45, 7) is 0. The van der Waals surface area contributed by atoms with E-state index in [0.29, 0.717) is 15.6 Å². The second-order valence-electron chi connectivity index (χ2n) is 3.49. The van der Waals surface area contributed by atoms with Crippen LogP contribution in [0.4, 0.5) is 11.4 Å². The minimum Gasteiger partial charge on any atom is -0.397 e. The van der Waals surface area contributed by atoms with Crippen LogP contribution in [0, 0.1) is 4.91 Å². The van der Waals surface area contributed by atoms with Gasteiger partial charge in [0.2, 0.25) is 0 Å². The number of hydrogen-bond donors (Lipinski definition) is 1. The summed E-state index contributed by atoms with van der Waals surface area (Å²) in [6, 6.07) is 10.2. The molecule has 0 saturated carbocycles. The van der Waals surface area contributed by atoms with Gasteiger partial charge in [-0.15, -0.1) is 4.91 Å². The van der Waals surface area contributed by atoms with Crippen molar-refractivity contribution >= 4 is 34.6 Å². The summed E-state index contributed by atoms with van der Waals surface area (Å²) in [5.74, 6) is 0. The molecular weight excluding hydrogens is 259 g/mol. The van der Waals surface area contributed by atoms with Gasteiger partial charge in [-0.25, -0.2) is 0 Å². The van der Waals surface area contributed by atoms with Gasteiger partial charge in [0, 0.05) is 10.6 Å². The molecule has 0 aliphatic carbocycles. The molecule has 0 fully saturated rings. The lowest BCUT2D eigenvalue weighted by molar-refractivity contribution is 1.49. The third-order valence-corrected chi connectivity index (χ3v) is 2.93. The first kappa shape index (κ1) is 11.9. The van der Waals surface area contributed by atoms with Crippen molar-refractivity contribution in [3.63, 3.8) is 0 Å². The number of nitrogen functional groups attached to an aromatic ring is 1. The van der Waals surface area contributed by atoms with Crippen LogP contribution in [0.5, 0.6) is 0 Å². The van der Waals surface area contributed by atoms with E-state index in [2.05, 4.69) is 5.18 Å². The molecule has 2 rings (SSSR count). The maximum atomic E-state index is 10.6. The Morgan fingerprint density at radius 3 is 2.29 bits per heavy atom. The van der Waals surface area contributed by atoms with Gasteiger partial charge in [-0.05, 0) is 35.0 Å². The van der Waals surface area contributed by atoms with Gasteiger partial charge in [0.15, 0.2) is 0 Å². The highest BCUT2D eigenvalue weighted by Gasteiger charge is 2.09. The van der Waals surface area contributed by atoms with Gasteiger partial charge in [-0.3, -0.25) is 0 Å². The van der Waals surface area contributed by atoms with Gasteiger partial charge in [0.05, 0.1) is 10.7 Å².